The molecule has 23 N–H and O–H groups in total. The van der Waals surface area contributed by atoms with Crippen LogP contribution in [0.4, 0.5) is 0 Å². The van der Waals surface area contributed by atoms with Crippen LogP contribution in [0, 0.1) is 16.2 Å². The number of carboxylic acid groups (broad SMARTS) is 2. The number of carboxylic acids is 2. The molecular weight excluding hydrogens is 1330 g/mol. The third-order valence-corrected chi connectivity index (χ3v) is 15.9. The van der Waals surface area contributed by atoms with Gasteiger partial charge in [0, 0.05) is 45.4 Å². The Kier molecular flexibility index (Phi) is 30.8. The number of benzene rings is 4. The molecule has 4 aromatic rings. The molecule has 0 saturated carbocycles. The van der Waals surface area contributed by atoms with Gasteiger partial charge in [-0.1, -0.05) is 84.9 Å². The molecule has 544 valence electrons. The van der Waals surface area contributed by atoms with Gasteiger partial charge in [0.1, 0.15) is 47.6 Å². The lowest BCUT2D eigenvalue weighted by Gasteiger charge is -2.24. The number of nitrogens with two attached hydrogens (primary N) is 2. The van der Waals surface area contributed by atoms with Crippen molar-refractivity contribution in [2.75, 3.05) is 39.3 Å². The maximum atomic E-state index is 14.4. The predicted octanol–water partition coefficient (Wildman–Crippen LogP) is -2.68. The molecule has 0 spiro atoms. The molecule has 35 heteroatoms. The summed E-state index contributed by atoms with van der Waals surface area (Å²) in [5.74, 6) is -14.7. The summed E-state index contributed by atoms with van der Waals surface area (Å²) in [5, 5.41) is 81.0. The van der Waals surface area contributed by atoms with E-state index < -0.39 is 162 Å². The van der Waals surface area contributed by atoms with Crippen molar-refractivity contribution in [2.24, 2.45) is 11.5 Å². The minimum absolute atomic E-state index is 0.00985. The zero-order valence-electron chi connectivity index (χ0n) is 55.6. The fraction of sp³-hybridized carbons (Fsp3) is 0.388. The smallest absolute Gasteiger partial charge is 0.305 e. The summed E-state index contributed by atoms with van der Waals surface area (Å²) < 4.78 is 0. The highest BCUT2D eigenvalue weighted by Gasteiger charge is 2.34. The van der Waals surface area contributed by atoms with Gasteiger partial charge >= 0.3 is 11.9 Å². The Morgan fingerprint density at radius 3 is 1.53 bits per heavy atom. The first-order chi connectivity index (χ1) is 48.7. The highest BCUT2D eigenvalue weighted by molar-refractivity contribution is 6.37. The van der Waals surface area contributed by atoms with Gasteiger partial charge in [-0.05, 0) is 103 Å². The summed E-state index contributed by atoms with van der Waals surface area (Å²) in [6.07, 6.45) is 0.384. The molecule has 0 bridgehead atoms. The van der Waals surface area contributed by atoms with E-state index in [1.54, 1.807) is 48.5 Å². The Morgan fingerprint density at radius 2 is 0.941 bits per heavy atom. The first kappa shape index (κ1) is 78.7. The molecule has 35 nitrogen and oxygen atoms in total. The quantitative estimate of drug-likeness (QED) is 0.0119. The summed E-state index contributed by atoms with van der Waals surface area (Å²) in [5.41, 5.74) is 10.5. The van der Waals surface area contributed by atoms with E-state index in [0.29, 0.717) is 11.1 Å². The number of fused-ring (bicyclic) bond motifs is 2. The molecule has 12 amide bonds. The van der Waals surface area contributed by atoms with Crippen LogP contribution in [0.2, 0.25) is 0 Å². The maximum absolute atomic E-state index is 14.4. The molecule has 6 atom stereocenters. The minimum atomic E-state index is -1.74. The monoisotopic (exact) mass is 1410 g/mol. The molecule has 2 fully saturated rings. The highest BCUT2D eigenvalue weighted by Crippen LogP contribution is 2.20. The van der Waals surface area contributed by atoms with E-state index in [1.165, 1.54) is 12.2 Å². The zero-order valence-corrected chi connectivity index (χ0v) is 55.6. The average Bonchev–Trinajstić information content (AvgIpc) is 1.12. The molecule has 2 saturated heterocycles. The lowest BCUT2D eigenvalue weighted by Crippen LogP contribution is -2.55. The van der Waals surface area contributed by atoms with Crippen LogP contribution in [0.3, 0.4) is 0 Å². The first-order valence-corrected chi connectivity index (χ1v) is 32.8. The number of guanidine groups is 2. The van der Waals surface area contributed by atoms with Crippen LogP contribution in [0.25, 0.3) is 27.6 Å². The number of rotatable bonds is 28. The first-order valence-electron chi connectivity index (χ1n) is 32.8. The van der Waals surface area contributed by atoms with Crippen LogP contribution in [-0.2, 0) is 73.5 Å². The van der Waals surface area contributed by atoms with Gasteiger partial charge in [0.15, 0.2) is 11.9 Å². The van der Waals surface area contributed by atoms with E-state index in [1.807, 2.05) is 36.4 Å². The van der Waals surface area contributed by atoms with Crippen molar-refractivity contribution in [3.63, 3.8) is 0 Å². The molecule has 0 aliphatic carbocycles. The Labute approximate surface area is 584 Å². The summed E-state index contributed by atoms with van der Waals surface area (Å²) in [7, 11) is 0. The minimum Gasteiger partial charge on any atom is -0.481 e. The van der Waals surface area contributed by atoms with Crippen LogP contribution in [0.1, 0.15) is 94.6 Å². The van der Waals surface area contributed by atoms with Crippen molar-refractivity contribution in [1.29, 1.82) is 16.2 Å². The number of hydrogen-bond donors (Lipinski definition) is 21. The predicted molar refractivity (Wildman–Crippen MR) is 370 cm³/mol. The Balaban J connectivity index is 1.10. The van der Waals surface area contributed by atoms with Crippen molar-refractivity contribution in [3.05, 3.63) is 114 Å². The van der Waals surface area contributed by atoms with Crippen LogP contribution < -0.4 is 85.9 Å². The molecule has 2 aliphatic heterocycles. The molecule has 4 aromatic carbocycles. The zero-order chi connectivity index (χ0) is 74.3. The molecule has 0 aromatic heterocycles. The van der Waals surface area contributed by atoms with E-state index >= 15 is 0 Å². The highest BCUT2D eigenvalue weighted by atomic mass is 16.4. The fourth-order valence-electron chi connectivity index (χ4n) is 10.6. The van der Waals surface area contributed by atoms with E-state index in [9.17, 15) is 77.3 Å². The summed E-state index contributed by atoms with van der Waals surface area (Å²) >= 11 is 0. The topological polar surface area (TPSA) is 571 Å². The SMILES string of the molecule is N=C(N)NCCC[C@@H]1NC(=O)/C(=C\CCCNC(=O)C(=N)CCC(=O)NCCCC[C@@H]2NC(=O)/C(=C/c3ccc4ccccc4c3)NC(=O)[C@H](CC(=O)O)NC(=O)CNC(=O)[C@H](CCCNC(=N)N)NC2=O)NC(=O)[C@@H](Cc2ccc3ccccc3c2)NC(=O)[C@H](CC(=O)O)NC(=O)CNC1=O. The lowest BCUT2D eigenvalue weighted by atomic mass is 10.0. The van der Waals surface area contributed by atoms with Crippen molar-refractivity contribution >= 4 is 128 Å². The standard InChI is InChI=1S/C67H85N19O16/c68-43(57(94)74-26-8-6-16-47-61(98)82-45(18-10-28-76-67(71)72)59(96)78-36-54(89)80-51(34-56(92)93)65(102)86-49(63(100)84-47)32-38-20-22-40-12-2-4-14-42(40)30-38)23-24-52(87)73-25-7-5-15-46-60(97)81-44(17-9-27-75-66(69)70)58(95)77-35-53(88)79-50(33-55(90)91)64(101)85-48(62(99)83-46)31-37-19-21-39-11-1-3-13-41(39)29-37/h1-4,11-14,16,19-22,29-31,44-46,49-51,68H,5-10,15,17-18,23-28,32-36H2,(H,73,87)(H,74,94)(H,77,95)(H,78,96)(H,79,88)(H,80,89)(H,81,97)(H,82,98)(H,83,99)(H,84,100)(H,85,101)(H,86,102)(H,90,91)(H,92,93)(H4,69,70,75)(H4,71,72,76)/b47-16+,48-31-,68-43?/t44-,45-,46-,49+,50-,51-/m0/s1. The second-order valence-electron chi connectivity index (χ2n) is 23.9. The molecule has 102 heavy (non-hydrogen) atoms. The van der Waals surface area contributed by atoms with Gasteiger partial charge in [0.2, 0.25) is 53.2 Å². The number of nitrogens with one attached hydrogen (secondary N) is 17. The van der Waals surface area contributed by atoms with Crippen molar-refractivity contribution in [3.8, 4) is 0 Å². The number of carbonyl (C=O) groups is 14. The lowest BCUT2D eigenvalue weighted by molar-refractivity contribution is -0.141. The Hall–Kier alpha value is -12.3. The summed E-state index contributed by atoms with van der Waals surface area (Å²) in [4.78, 5) is 188. The number of hydrogen-bond acceptors (Lipinski definition) is 17. The third-order valence-electron chi connectivity index (χ3n) is 15.9. The summed E-state index contributed by atoms with van der Waals surface area (Å²) in [6.45, 7) is -1.38. The third kappa shape index (κ3) is 26.8. The van der Waals surface area contributed by atoms with Gasteiger partial charge in [-0.25, -0.2) is 0 Å². The Morgan fingerprint density at radius 1 is 0.471 bits per heavy atom. The summed E-state index contributed by atoms with van der Waals surface area (Å²) in [6, 6.07) is 15.9. The van der Waals surface area contributed by atoms with Gasteiger partial charge in [-0.15, -0.1) is 0 Å². The molecule has 6 rings (SSSR count). The number of carbonyl (C=O) groups excluding carboxylic acids is 12. The molecule has 2 heterocycles. The normalized spacial score (nSPS) is 19.9. The van der Waals surface area contributed by atoms with Gasteiger partial charge in [0.25, 0.3) is 17.7 Å². The van der Waals surface area contributed by atoms with E-state index in [0.717, 1.165) is 21.5 Å². The van der Waals surface area contributed by atoms with E-state index in [-0.39, 0.29) is 115 Å². The second-order valence-corrected chi connectivity index (χ2v) is 23.9. The second kappa shape index (κ2) is 39.9. The molecule has 0 unspecified atom stereocenters. The average molecular weight is 1410 g/mol. The largest absolute Gasteiger partial charge is 0.481 e. The Bertz CT molecular complexity index is 3920. The van der Waals surface area contributed by atoms with Gasteiger partial charge in [-0.3, -0.25) is 83.4 Å². The fourth-order valence-corrected chi connectivity index (χ4v) is 10.6. The number of aliphatic carboxylic acids is 2. The van der Waals surface area contributed by atoms with Crippen LogP contribution >= 0.6 is 0 Å². The van der Waals surface area contributed by atoms with Crippen molar-refractivity contribution < 1.29 is 77.3 Å². The van der Waals surface area contributed by atoms with Crippen LogP contribution in [0.5, 0.6) is 0 Å². The number of unbranched alkanes of at least 4 members (excludes halogenated alkanes) is 2. The van der Waals surface area contributed by atoms with Gasteiger partial charge in [-0.2, -0.15) is 0 Å². The molecule has 0 radical (unpaired) electrons. The van der Waals surface area contributed by atoms with Crippen LogP contribution in [-0.4, -0.2) is 186 Å². The van der Waals surface area contributed by atoms with Crippen molar-refractivity contribution in [1.82, 2.24) is 74.4 Å². The number of amides is 12. The van der Waals surface area contributed by atoms with E-state index in [2.05, 4.69) is 74.4 Å². The molecule has 2 aliphatic rings. The van der Waals surface area contributed by atoms with E-state index in [4.69, 9.17) is 27.7 Å². The van der Waals surface area contributed by atoms with Gasteiger partial charge < -0.3 is 96.1 Å². The number of allylic oxidation sites excluding steroid dienone is 1. The maximum Gasteiger partial charge on any atom is 0.305 e. The molecular formula is C67H85N19O16. The van der Waals surface area contributed by atoms with Crippen LogP contribution in [0.15, 0.2) is 102 Å². The van der Waals surface area contributed by atoms with Crippen molar-refractivity contribution in [2.45, 2.75) is 126 Å². The van der Waals surface area contributed by atoms with Gasteiger partial charge in [0.05, 0.1) is 31.6 Å².